The fourth-order valence-electron chi connectivity index (χ4n) is 4.57. The van der Waals surface area contributed by atoms with Gasteiger partial charge in [-0.3, -0.25) is 9.59 Å². The lowest BCUT2D eigenvalue weighted by molar-refractivity contribution is -0.118. The van der Waals surface area contributed by atoms with Gasteiger partial charge >= 0.3 is 0 Å². The molecule has 0 aliphatic rings. The zero-order valence-electron chi connectivity index (χ0n) is 23.6. The number of benzene rings is 4. The molecule has 0 bridgehead atoms. The Labute approximate surface area is 269 Å². The van der Waals surface area contributed by atoms with E-state index in [1.165, 1.54) is 35.2 Å². The summed E-state index contributed by atoms with van der Waals surface area (Å²) in [6, 6.07) is 22.9. The third-order valence-electron chi connectivity index (χ3n) is 6.58. The van der Waals surface area contributed by atoms with Crippen LogP contribution in [-0.4, -0.2) is 35.0 Å². The highest BCUT2D eigenvalue weighted by Gasteiger charge is 2.18. The van der Waals surface area contributed by atoms with E-state index in [-0.39, 0.29) is 35.6 Å². The summed E-state index contributed by atoms with van der Waals surface area (Å²) >= 11 is 10.0. The Morgan fingerprint density at radius 1 is 1.09 bits per heavy atom. The second-order valence-electron chi connectivity index (χ2n) is 9.71. The molecule has 12 heteroatoms. The maximum absolute atomic E-state index is 13.6. The van der Waals surface area contributed by atoms with E-state index in [9.17, 15) is 14.0 Å². The number of carbonyl (C=O) groups excluding carboxylic acids is 1. The Balaban J connectivity index is 1.33. The topological polar surface area (TPSA) is 108 Å². The molecule has 0 fully saturated rings. The maximum Gasteiger partial charge on any atom is 0.282 e. The highest BCUT2D eigenvalue weighted by Crippen LogP contribution is 2.36. The molecule has 0 saturated carbocycles. The molecule has 6 aromatic rings. The van der Waals surface area contributed by atoms with Crippen LogP contribution in [0.4, 0.5) is 10.1 Å². The lowest BCUT2D eigenvalue weighted by Crippen LogP contribution is -2.20. The van der Waals surface area contributed by atoms with Crippen LogP contribution in [0.1, 0.15) is 12.5 Å². The zero-order chi connectivity index (χ0) is 31.5. The standard InChI is InChI=1S/C33H23BrClFN4O5/c1-2-43-28-14-19(13-25(35)31(28)44-18-30(41)38-23-10-8-22(36)9-11-23)17-37-40-32(39-26-6-4-3-5-24(26)33(40)42)29-16-20-15-21(34)7-12-27(20)45-29/h3-17H,2,18H2,1H3,(H,38,41). The first-order valence-corrected chi connectivity index (χ1v) is 14.9. The first kappa shape index (κ1) is 30.0. The van der Waals surface area contributed by atoms with E-state index < -0.39 is 17.3 Å². The number of aromatic nitrogens is 2. The van der Waals surface area contributed by atoms with Crippen molar-refractivity contribution in [3.8, 4) is 23.1 Å². The van der Waals surface area contributed by atoms with Crippen LogP contribution < -0.4 is 20.3 Å². The molecule has 45 heavy (non-hydrogen) atoms. The number of ether oxygens (including phenoxy) is 2. The van der Waals surface area contributed by atoms with Crippen LogP contribution in [0.2, 0.25) is 5.02 Å². The number of nitrogens with zero attached hydrogens (tertiary/aromatic N) is 3. The fraction of sp³-hybridized carbons (Fsp3) is 0.0909. The van der Waals surface area contributed by atoms with Gasteiger partial charge in [-0.15, -0.1) is 0 Å². The van der Waals surface area contributed by atoms with Crippen molar-refractivity contribution < 1.29 is 23.1 Å². The van der Waals surface area contributed by atoms with Crippen LogP contribution in [0.25, 0.3) is 33.5 Å². The van der Waals surface area contributed by atoms with Gasteiger partial charge in [0, 0.05) is 15.5 Å². The minimum atomic E-state index is -0.473. The molecule has 6 rings (SSSR count). The summed E-state index contributed by atoms with van der Waals surface area (Å²) in [5.74, 6) is 0.113. The maximum atomic E-state index is 13.6. The van der Waals surface area contributed by atoms with Gasteiger partial charge < -0.3 is 19.2 Å². The lowest BCUT2D eigenvalue weighted by Gasteiger charge is -2.14. The van der Waals surface area contributed by atoms with Gasteiger partial charge in [0.05, 0.1) is 28.7 Å². The molecule has 0 aliphatic heterocycles. The van der Waals surface area contributed by atoms with E-state index in [1.54, 1.807) is 49.4 Å². The number of rotatable bonds is 9. The summed E-state index contributed by atoms with van der Waals surface area (Å²) in [6.07, 6.45) is 1.44. The summed E-state index contributed by atoms with van der Waals surface area (Å²) < 4.78 is 32.7. The van der Waals surface area contributed by atoms with E-state index >= 15 is 0 Å². The van der Waals surface area contributed by atoms with Gasteiger partial charge in [-0.25, -0.2) is 9.37 Å². The third kappa shape index (κ3) is 6.59. The van der Waals surface area contributed by atoms with Gasteiger partial charge in [0.2, 0.25) is 5.82 Å². The van der Waals surface area contributed by atoms with Crippen LogP contribution in [0, 0.1) is 5.82 Å². The van der Waals surface area contributed by atoms with Crippen molar-refractivity contribution in [2.45, 2.75) is 6.92 Å². The Hall–Kier alpha value is -5.00. The molecule has 1 amide bonds. The molecule has 2 aromatic heterocycles. The van der Waals surface area contributed by atoms with Crippen molar-refractivity contribution in [1.29, 1.82) is 0 Å². The highest BCUT2D eigenvalue weighted by molar-refractivity contribution is 9.10. The molecule has 9 nitrogen and oxygen atoms in total. The number of carbonyl (C=O) groups is 1. The number of nitrogens with one attached hydrogen (secondary N) is 1. The summed E-state index contributed by atoms with van der Waals surface area (Å²) in [5, 5.41) is 8.48. The van der Waals surface area contributed by atoms with E-state index in [0.29, 0.717) is 33.5 Å². The summed E-state index contributed by atoms with van der Waals surface area (Å²) in [4.78, 5) is 30.8. The van der Waals surface area contributed by atoms with Gasteiger partial charge in [0.15, 0.2) is 23.9 Å². The summed E-state index contributed by atoms with van der Waals surface area (Å²) in [7, 11) is 0. The van der Waals surface area contributed by atoms with Crippen LogP contribution in [0.3, 0.4) is 0 Å². The molecule has 0 aliphatic carbocycles. The molecule has 0 unspecified atom stereocenters. The van der Waals surface area contributed by atoms with Gasteiger partial charge in [0.25, 0.3) is 11.5 Å². The Bertz CT molecular complexity index is 2150. The quantitative estimate of drug-likeness (QED) is 0.156. The average molecular weight is 690 g/mol. The molecule has 0 saturated heterocycles. The Morgan fingerprint density at radius 2 is 1.89 bits per heavy atom. The van der Waals surface area contributed by atoms with Gasteiger partial charge in [0.1, 0.15) is 11.4 Å². The van der Waals surface area contributed by atoms with E-state index in [2.05, 4.69) is 26.3 Å². The largest absolute Gasteiger partial charge is 0.490 e. The molecule has 0 radical (unpaired) electrons. The van der Waals surface area contributed by atoms with Crippen LogP contribution in [0.15, 0.2) is 104 Å². The Kier molecular flexibility index (Phi) is 8.63. The smallest absolute Gasteiger partial charge is 0.282 e. The predicted molar refractivity (Wildman–Crippen MR) is 175 cm³/mol. The first-order valence-electron chi connectivity index (χ1n) is 13.7. The lowest BCUT2D eigenvalue weighted by atomic mass is 10.2. The van der Waals surface area contributed by atoms with E-state index in [4.69, 9.17) is 30.5 Å². The molecule has 0 atom stereocenters. The average Bonchev–Trinajstić information content (AvgIpc) is 3.44. The number of furan rings is 1. The van der Waals surface area contributed by atoms with Crippen LogP contribution in [0.5, 0.6) is 11.5 Å². The van der Waals surface area contributed by atoms with Crippen LogP contribution >= 0.6 is 27.5 Å². The van der Waals surface area contributed by atoms with Gasteiger partial charge in [-0.2, -0.15) is 9.78 Å². The SMILES string of the molecule is CCOc1cc(C=Nn2c(-c3cc4cc(Br)ccc4o3)nc3ccccc3c2=O)cc(Cl)c1OCC(=O)Nc1ccc(F)cc1. The Morgan fingerprint density at radius 3 is 2.69 bits per heavy atom. The molecular formula is C33H23BrClFN4O5. The molecular weight excluding hydrogens is 667 g/mol. The van der Waals surface area contributed by atoms with Crippen molar-refractivity contribution in [2.75, 3.05) is 18.5 Å². The monoisotopic (exact) mass is 688 g/mol. The molecule has 1 N–H and O–H groups in total. The normalized spacial score (nSPS) is 11.4. The van der Waals surface area contributed by atoms with E-state index in [1.807, 2.05) is 18.2 Å². The number of hydrogen-bond donors (Lipinski definition) is 1. The molecule has 0 spiro atoms. The van der Waals surface area contributed by atoms with Crippen molar-refractivity contribution in [3.05, 3.63) is 116 Å². The third-order valence-corrected chi connectivity index (χ3v) is 7.36. The molecule has 2 heterocycles. The van der Waals surface area contributed by atoms with Crippen molar-refractivity contribution in [1.82, 2.24) is 9.66 Å². The van der Waals surface area contributed by atoms with Crippen molar-refractivity contribution >= 4 is 67.2 Å². The van der Waals surface area contributed by atoms with E-state index in [0.717, 1.165) is 9.86 Å². The number of hydrogen-bond acceptors (Lipinski definition) is 7. The first-order chi connectivity index (χ1) is 21.8. The number of para-hydroxylation sites is 1. The predicted octanol–water partition coefficient (Wildman–Crippen LogP) is 7.66. The second kappa shape index (κ2) is 12.9. The number of halogens is 3. The molecule has 226 valence electrons. The van der Waals surface area contributed by atoms with Crippen LogP contribution in [-0.2, 0) is 4.79 Å². The highest BCUT2D eigenvalue weighted by atomic mass is 79.9. The van der Waals surface area contributed by atoms with Gasteiger partial charge in [-0.05, 0) is 85.3 Å². The number of fused-ring (bicyclic) bond motifs is 2. The number of amides is 1. The second-order valence-corrected chi connectivity index (χ2v) is 11.0. The van der Waals surface area contributed by atoms with Gasteiger partial charge in [-0.1, -0.05) is 39.7 Å². The fourth-order valence-corrected chi connectivity index (χ4v) is 5.23. The molecule has 4 aromatic carbocycles. The zero-order valence-corrected chi connectivity index (χ0v) is 25.9. The summed E-state index contributed by atoms with van der Waals surface area (Å²) in [5.41, 5.74) is 1.64. The minimum absolute atomic E-state index is 0.156. The summed E-state index contributed by atoms with van der Waals surface area (Å²) in [6.45, 7) is 1.70. The minimum Gasteiger partial charge on any atom is -0.490 e. The van der Waals surface area contributed by atoms with Crippen molar-refractivity contribution in [3.63, 3.8) is 0 Å². The number of anilines is 1. The van der Waals surface area contributed by atoms with Crippen molar-refractivity contribution in [2.24, 2.45) is 5.10 Å².